The summed E-state index contributed by atoms with van der Waals surface area (Å²) in [6.45, 7) is 14.1. The molecule has 0 aliphatic carbocycles. The standard InChI is InChI=1S/C50H67N9O7/c1-9-57-41-18-17-35-27-38(41)39(46(57)37-15-11-22-52-44(37)32(4)65-8)28-50(5,6)30-66-59(64)42-16-12-23-58(54-42)49(63)40(26-33-13-10-14-34(35)25-33)53-47(61)45(31(2)3)55(7)48(62)36-20-24-56(29-36)43(60)19-21-51/h10-11,13-15,17-18,22,25,27,31-32,36,40,42,45,54H,9,12,16,19-21,23-24,26,28-30,51H2,1-8H3/p+1/t32-,36-,40-,42+,45-/m0/s1. The van der Waals surface area contributed by atoms with Crippen LogP contribution >= 0.6 is 0 Å². The molecule has 16 heteroatoms. The molecule has 2 aromatic heterocycles. The molecule has 2 aromatic carbocycles. The molecule has 3 aliphatic rings. The van der Waals surface area contributed by atoms with Crippen LogP contribution in [0.3, 0.4) is 0 Å². The molecule has 16 nitrogen and oxygen atoms in total. The van der Waals surface area contributed by atoms with Gasteiger partial charge in [0.2, 0.25) is 22.6 Å². The molecule has 4 aromatic rings. The number of amides is 4. The Balaban J connectivity index is 1.28. The fraction of sp³-hybridized carbons (Fsp3) is 0.540. The van der Waals surface area contributed by atoms with Crippen LogP contribution in [0.5, 0.6) is 0 Å². The molecule has 2 saturated heterocycles. The van der Waals surface area contributed by atoms with Gasteiger partial charge in [-0.15, -0.1) is 0 Å². The van der Waals surface area contributed by atoms with E-state index in [1.54, 1.807) is 25.3 Å². The number of likely N-dealkylation sites (tertiary alicyclic amines) is 1. The Morgan fingerprint density at radius 1 is 1.08 bits per heavy atom. The molecule has 4 N–H and O–H groups in total. The van der Waals surface area contributed by atoms with E-state index in [4.69, 9.17) is 20.3 Å². The third-order valence-electron chi connectivity index (χ3n) is 13.5. The van der Waals surface area contributed by atoms with Crippen molar-refractivity contribution >= 4 is 34.5 Å². The predicted molar refractivity (Wildman–Crippen MR) is 252 cm³/mol. The van der Waals surface area contributed by atoms with Gasteiger partial charge in [-0.1, -0.05) is 58.0 Å². The molecule has 0 saturated carbocycles. The van der Waals surface area contributed by atoms with Gasteiger partial charge in [0, 0.05) is 94.2 Å². The summed E-state index contributed by atoms with van der Waals surface area (Å²) in [5.41, 5.74) is 16.0. The minimum atomic E-state index is -1.06. The molecule has 5 heterocycles. The highest BCUT2D eigenvalue weighted by atomic mass is 16.8. The van der Waals surface area contributed by atoms with Gasteiger partial charge in [-0.25, -0.2) is 4.84 Å². The molecule has 5 atom stereocenters. The number of hydrazine groups is 1. The Kier molecular flexibility index (Phi) is 14.9. The van der Waals surface area contributed by atoms with Crippen LogP contribution in [0.1, 0.15) is 90.2 Å². The smallest absolute Gasteiger partial charge is 0.326 e. The van der Waals surface area contributed by atoms with Gasteiger partial charge >= 0.3 is 6.17 Å². The Labute approximate surface area is 388 Å². The van der Waals surface area contributed by atoms with Crippen LogP contribution in [0.25, 0.3) is 33.3 Å². The number of methoxy groups -OCH3 is 1. The third kappa shape index (κ3) is 10.2. The second-order valence-corrected chi connectivity index (χ2v) is 19.3. The minimum absolute atomic E-state index is 0.0892. The van der Waals surface area contributed by atoms with Crippen LogP contribution < -0.4 is 16.5 Å². The maximum absolute atomic E-state index is 14.7. The van der Waals surface area contributed by atoms with E-state index >= 15 is 0 Å². The van der Waals surface area contributed by atoms with Crippen LogP contribution in [0.2, 0.25) is 0 Å². The van der Waals surface area contributed by atoms with Gasteiger partial charge < -0.3 is 30.2 Å². The number of carbonyl (C=O) groups is 4. The van der Waals surface area contributed by atoms with E-state index in [1.807, 2.05) is 39.0 Å². The van der Waals surface area contributed by atoms with Crippen molar-refractivity contribution in [2.24, 2.45) is 23.0 Å². The van der Waals surface area contributed by atoms with Gasteiger partial charge in [-0.05, 0) is 85.5 Å². The molecule has 0 radical (unpaired) electrons. The monoisotopic (exact) mass is 907 g/mol. The zero-order valence-electron chi connectivity index (χ0n) is 39.8. The average molecular weight is 907 g/mol. The summed E-state index contributed by atoms with van der Waals surface area (Å²) in [4.78, 5) is 84.2. The maximum Gasteiger partial charge on any atom is 0.326 e. The normalized spacial score (nSPS) is 21.0. The molecule has 6 bridgehead atoms. The molecule has 0 unspecified atom stereocenters. The summed E-state index contributed by atoms with van der Waals surface area (Å²) >= 11 is 0. The maximum atomic E-state index is 14.7. The molecule has 4 amide bonds. The van der Waals surface area contributed by atoms with Gasteiger partial charge in [-0.2, -0.15) is 5.43 Å². The van der Waals surface area contributed by atoms with Gasteiger partial charge in [0.05, 0.1) is 28.3 Å². The van der Waals surface area contributed by atoms with Gasteiger partial charge in [0.25, 0.3) is 5.91 Å². The van der Waals surface area contributed by atoms with Crippen LogP contribution in [0, 0.1) is 22.2 Å². The van der Waals surface area contributed by atoms with E-state index in [9.17, 15) is 24.1 Å². The third-order valence-corrected chi connectivity index (χ3v) is 13.5. The molecular weight excluding hydrogens is 839 g/mol. The van der Waals surface area contributed by atoms with Crippen molar-refractivity contribution in [3.8, 4) is 22.4 Å². The lowest BCUT2D eigenvalue weighted by Crippen LogP contribution is -2.62. The number of ether oxygens (including phenoxy) is 1. The SMILES string of the molecule is CCn1c(-c2cccnc2[C@H](C)OC)c2c3cc(ccc31)-c1cccc(c1)C[C@H](NC(=O)[C@H](C(C)C)N(C)C(=O)[C@H]1CCN(C(=O)CCN)C1)C(=O)N1CCC[C@H](N1)[N+](=O)OCC(C)(C)C2. The Bertz CT molecular complexity index is 2450. The van der Waals surface area contributed by atoms with E-state index in [0.717, 1.165) is 50.1 Å². The van der Waals surface area contributed by atoms with Crippen LogP contribution in [-0.2, 0) is 48.1 Å². The number of likely N-dealkylation sites (N-methyl/N-ethyl adjacent to an activating group) is 1. The van der Waals surface area contributed by atoms with Gasteiger partial charge in [-0.3, -0.25) is 29.2 Å². The number of pyridine rings is 1. The number of carbonyl (C=O) groups excluding carboxylic acids is 4. The fourth-order valence-corrected chi connectivity index (χ4v) is 9.99. The van der Waals surface area contributed by atoms with E-state index in [2.05, 4.69) is 72.5 Å². The number of hydrogen-bond donors (Lipinski definition) is 3. The Morgan fingerprint density at radius 2 is 1.85 bits per heavy atom. The zero-order valence-corrected chi connectivity index (χ0v) is 39.8. The molecular formula is C50H68N9O7+. The quantitative estimate of drug-likeness (QED) is 0.173. The second-order valence-electron chi connectivity index (χ2n) is 19.3. The first-order valence-corrected chi connectivity index (χ1v) is 23.5. The summed E-state index contributed by atoms with van der Waals surface area (Å²) < 4.78 is 8.15. The number of nitrogens with two attached hydrogens (primary N) is 1. The molecule has 2 fully saturated rings. The Hall–Kier alpha value is -5.71. The van der Waals surface area contributed by atoms with Gasteiger partial charge in [0.1, 0.15) is 12.1 Å². The molecule has 354 valence electrons. The van der Waals surface area contributed by atoms with Crippen molar-refractivity contribution in [1.29, 1.82) is 0 Å². The highest BCUT2D eigenvalue weighted by molar-refractivity contribution is 5.96. The Morgan fingerprint density at radius 3 is 2.58 bits per heavy atom. The number of rotatable bonds is 11. The van der Waals surface area contributed by atoms with E-state index in [1.165, 1.54) is 9.91 Å². The highest BCUT2D eigenvalue weighted by Gasteiger charge is 2.42. The zero-order chi connectivity index (χ0) is 47.4. The van der Waals surface area contributed by atoms with Crippen LogP contribution in [-0.4, -0.2) is 118 Å². The van der Waals surface area contributed by atoms with E-state index in [0.29, 0.717) is 50.2 Å². The molecule has 0 spiro atoms. The lowest BCUT2D eigenvalue weighted by molar-refractivity contribution is -0.835. The fourth-order valence-electron chi connectivity index (χ4n) is 9.99. The number of hydrogen-bond acceptors (Lipinski definition) is 10. The summed E-state index contributed by atoms with van der Waals surface area (Å²) in [5.74, 6) is -1.97. The average Bonchev–Trinajstić information content (AvgIpc) is 3.92. The number of nitrogens with zero attached hydrogens (tertiary/aromatic N) is 6. The van der Waals surface area contributed by atoms with Crippen molar-refractivity contribution in [2.45, 2.75) is 111 Å². The first-order valence-electron chi connectivity index (χ1n) is 23.5. The molecule has 7 rings (SSSR count). The summed E-state index contributed by atoms with van der Waals surface area (Å²) in [6, 6.07) is 16.6. The minimum Gasteiger partial charge on any atom is -0.375 e. The number of aryl methyl sites for hydroxylation is 1. The molecule has 3 aliphatic heterocycles. The number of benzene rings is 2. The lowest BCUT2D eigenvalue weighted by Gasteiger charge is -2.35. The lowest BCUT2D eigenvalue weighted by atomic mass is 9.84. The topological polar surface area (TPSA) is 184 Å². The van der Waals surface area contributed by atoms with Crippen molar-refractivity contribution in [2.75, 3.05) is 46.9 Å². The van der Waals surface area contributed by atoms with E-state index in [-0.39, 0.29) is 56.4 Å². The second kappa shape index (κ2) is 20.4. The van der Waals surface area contributed by atoms with Crippen molar-refractivity contribution in [1.82, 2.24) is 35.1 Å². The number of fused-ring (bicyclic) bond motifs is 6. The number of aromatic nitrogens is 2. The van der Waals surface area contributed by atoms with Crippen LogP contribution in [0.15, 0.2) is 60.8 Å². The van der Waals surface area contributed by atoms with Crippen molar-refractivity contribution in [3.63, 3.8) is 0 Å². The largest absolute Gasteiger partial charge is 0.375 e. The van der Waals surface area contributed by atoms with Gasteiger partial charge in [0.15, 0.2) is 6.61 Å². The van der Waals surface area contributed by atoms with Crippen LogP contribution in [0.4, 0.5) is 0 Å². The summed E-state index contributed by atoms with van der Waals surface area (Å²) in [5, 5.41) is 5.55. The first-order chi connectivity index (χ1) is 31.5. The highest BCUT2D eigenvalue weighted by Crippen LogP contribution is 2.42. The number of nitrogens with one attached hydrogen (secondary N) is 2. The van der Waals surface area contributed by atoms with Crippen molar-refractivity contribution in [3.05, 3.63) is 82.5 Å². The summed E-state index contributed by atoms with van der Waals surface area (Å²) in [7, 11) is 3.30. The van der Waals surface area contributed by atoms with Crippen molar-refractivity contribution < 1.29 is 33.7 Å². The molecule has 66 heavy (non-hydrogen) atoms. The predicted octanol–water partition coefficient (Wildman–Crippen LogP) is 5.55. The van der Waals surface area contributed by atoms with E-state index < -0.39 is 41.4 Å². The summed E-state index contributed by atoms with van der Waals surface area (Å²) in [6.07, 6.45) is 3.05. The first kappa shape index (κ1) is 48.2.